The van der Waals surface area contributed by atoms with E-state index in [4.69, 9.17) is 15.0 Å². The first-order valence-corrected chi connectivity index (χ1v) is 7.91. The van der Waals surface area contributed by atoms with Crippen molar-refractivity contribution in [1.82, 2.24) is 5.32 Å². The van der Waals surface area contributed by atoms with Crippen LogP contribution < -0.4 is 10.5 Å². The second-order valence-electron chi connectivity index (χ2n) is 4.67. The summed E-state index contributed by atoms with van der Waals surface area (Å²) < 4.78 is 27.8. The van der Waals surface area contributed by atoms with Crippen LogP contribution >= 0.6 is 0 Å². The van der Waals surface area contributed by atoms with Gasteiger partial charge in [0.2, 0.25) is 10.0 Å². The van der Waals surface area contributed by atoms with Gasteiger partial charge in [-0.25, -0.2) is 13.6 Å². The number of primary sulfonamides is 1. The molecule has 0 heterocycles. The molecule has 1 aromatic carbocycles. The highest BCUT2D eigenvalue weighted by Crippen LogP contribution is 2.17. The van der Waals surface area contributed by atoms with Crippen molar-refractivity contribution in [2.75, 3.05) is 20.3 Å². The van der Waals surface area contributed by atoms with Crippen LogP contribution in [-0.4, -0.2) is 39.9 Å². The van der Waals surface area contributed by atoms with E-state index in [1.807, 2.05) is 13.0 Å². The van der Waals surface area contributed by atoms with Gasteiger partial charge in [-0.2, -0.15) is 0 Å². The summed E-state index contributed by atoms with van der Waals surface area (Å²) in [5.74, 6) is 0. The van der Waals surface area contributed by atoms with Crippen LogP contribution in [0.3, 0.4) is 0 Å². The predicted octanol–water partition coefficient (Wildman–Crippen LogP) is 0.382. The summed E-state index contributed by atoms with van der Waals surface area (Å²) in [7, 11) is -2.10. The third-order valence-corrected chi connectivity index (χ3v) is 3.93. The molecule has 1 aromatic rings. The van der Waals surface area contributed by atoms with Gasteiger partial charge in [-0.1, -0.05) is 12.1 Å². The van der Waals surface area contributed by atoms with E-state index in [0.29, 0.717) is 13.0 Å². The number of methoxy groups -OCH3 is 1. The summed E-state index contributed by atoms with van der Waals surface area (Å²) >= 11 is 0. The number of aliphatic hydroxyl groups is 1. The van der Waals surface area contributed by atoms with Gasteiger partial charge in [-0.15, -0.1) is 0 Å². The van der Waals surface area contributed by atoms with Gasteiger partial charge >= 0.3 is 0 Å². The third kappa shape index (κ3) is 5.18. The molecule has 4 N–H and O–H groups in total. The van der Waals surface area contributed by atoms with Crippen LogP contribution in [0, 0.1) is 0 Å². The van der Waals surface area contributed by atoms with Gasteiger partial charge in [0.15, 0.2) is 0 Å². The van der Waals surface area contributed by atoms with Crippen molar-refractivity contribution in [1.29, 1.82) is 0 Å². The Morgan fingerprint density at radius 2 is 2.15 bits per heavy atom. The lowest BCUT2D eigenvalue weighted by Crippen LogP contribution is -2.36. The van der Waals surface area contributed by atoms with Crippen LogP contribution in [0.1, 0.15) is 24.9 Å². The smallest absolute Gasteiger partial charge is 0.238 e. The van der Waals surface area contributed by atoms with Crippen LogP contribution in [-0.2, 0) is 14.8 Å². The van der Waals surface area contributed by atoms with E-state index in [0.717, 1.165) is 5.56 Å². The Kier molecular flexibility index (Phi) is 6.57. The van der Waals surface area contributed by atoms with E-state index < -0.39 is 10.0 Å². The molecule has 0 spiro atoms. The molecule has 114 valence electrons. The lowest BCUT2D eigenvalue weighted by Gasteiger charge is -2.22. The number of nitrogens with two attached hydrogens (primary N) is 1. The molecular weight excluding hydrogens is 280 g/mol. The van der Waals surface area contributed by atoms with Crippen molar-refractivity contribution in [3.8, 4) is 0 Å². The summed E-state index contributed by atoms with van der Waals surface area (Å²) in [5, 5.41) is 17.4. The Labute approximate surface area is 120 Å². The first kappa shape index (κ1) is 17.1. The minimum atomic E-state index is -3.70. The van der Waals surface area contributed by atoms with E-state index in [1.165, 1.54) is 6.07 Å². The zero-order chi connectivity index (χ0) is 15.2. The molecule has 1 rings (SSSR count). The maximum absolute atomic E-state index is 11.3. The van der Waals surface area contributed by atoms with Crippen LogP contribution in [0.15, 0.2) is 29.2 Å². The Morgan fingerprint density at radius 1 is 1.45 bits per heavy atom. The molecule has 0 fully saturated rings. The maximum Gasteiger partial charge on any atom is 0.238 e. The van der Waals surface area contributed by atoms with Gasteiger partial charge in [0.05, 0.1) is 11.5 Å². The standard InChI is InChI=1S/C13H22N2O4S/c1-10(15-12(6-7-16)9-19-2)11-4-3-5-13(8-11)20(14,17)18/h3-5,8,10,12,15-16H,6-7,9H2,1-2H3,(H2,14,17,18). The van der Waals surface area contributed by atoms with Crippen LogP contribution in [0.25, 0.3) is 0 Å². The summed E-state index contributed by atoms with van der Waals surface area (Å²) in [6.45, 7) is 2.45. The van der Waals surface area contributed by atoms with Crippen LogP contribution in [0.5, 0.6) is 0 Å². The van der Waals surface area contributed by atoms with Gasteiger partial charge < -0.3 is 15.2 Å². The SMILES string of the molecule is COCC(CCO)NC(C)c1cccc(S(N)(=O)=O)c1. The minimum Gasteiger partial charge on any atom is -0.396 e. The van der Waals surface area contributed by atoms with Gasteiger partial charge in [-0.3, -0.25) is 0 Å². The average Bonchev–Trinajstić information content (AvgIpc) is 2.38. The first-order chi connectivity index (χ1) is 9.38. The summed E-state index contributed by atoms with van der Waals surface area (Å²) in [6, 6.07) is 6.42. The fourth-order valence-corrected chi connectivity index (χ4v) is 2.55. The van der Waals surface area contributed by atoms with Crippen molar-refractivity contribution >= 4 is 10.0 Å². The summed E-state index contributed by atoms with van der Waals surface area (Å²) in [6.07, 6.45) is 0.563. The molecule has 2 atom stereocenters. The number of hydrogen-bond acceptors (Lipinski definition) is 5. The number of nitrogens with one attached hydrogen (secondary N) is 1. The predicted molar refractivity (Wildman–Crippen MR) is 76.7 cm³/mol. The number of benzene rings is 1. The quantitative estimate of drug-likeness (QED) is 0.644. The molecule has 6 nitrogen and oxygen atoms in total. The number of hydrogen-bond donors (Lipinski definition) is 3. The molecule has 2 unspecified atom stereocenters. The highest BCUT2D eigenvalue weighted by atomic mass is 32.2. The molecule has 20 heavy (non-hydrogen) atoms. The van der Waals surface area contributed by atoms with Gasteiger partial charge in [0, 0.05) is 25.8 Å². The second kappa shape index (κ2) is 7.70. The van der Waals surface area contributed by atoms with Crippen molar-refractivity contribution in [2.24, 2.45) is 5.14 Å². The summed E-state index contributed by atoms with van der Waals surface area (Å²) in [4.78, 5) is 0.0918. The van der Waals surface area contributed by atoms with Crippen LogP contribution in [0.2, 0.25) is 0 Å². The number of ether oxygens (including phenoxy) is 1. The van der Waals surface area contributed by atoms with E-state index >= 15 is 0 Å². The lowest BCUT2D eigenvalue weighted by molar-refractivity contribution is 0.143. The molecule has 0 radical (unpaired) electrons. The second-order valence-corrected chi connectivity index (χ2v) is 6.23. The number of rotatable bonds is 8. The molecule has 0 saturated heterocycles. The molecule has 7 heteroatoms. The molecule has 0 aromatic heterocycles. The monoisotopic (exact) mass is 302 g/mol. The van der Waals surface area contributed by atoms with Gasteiger partial charge in [-0.05, 0) is 31.0 Å². The Balaban J connectivity index is 2.83. The summed E-state index contributed by atoms with van der Waals surface area (Å²) in [5.41, 5.74) is 0.815. The van der Waals surface area contributed by atoms with E-state index in [1.54, 1.807) is 19.2 Å². The molecular formula is C13H22N2O4S. The Hall–Kier alpha value is -0.990. The van der Waals surface area contributed by atoms with E-state index in [2.05, 4.69) is 5.32 Å². The highest BCUT2D eigenvalue weighted by molar-refractivity contribution is 7.89. The van der Waals surface area contributed by atoms with E-state index in [9.17, 15) is 8.42 Å². The van der Waals surface area contributed by atoms with Crippen molar-refractivity contribution < 1.29 is 18.3 Å². The van der Waals surface area contributed by atoms with Crippen molar-refractivity contribution in [3.05, 3.63) is 29.8 Å². The minimum absolute atomic E-state index is 0.00172. The van der Waals surface area contributed by atoms with Gasteiger partial charge in [0.1, 0.15) is 0 Å². The zero-order valence-electron chi connectivity index (χ0n) is 11.7. The molecule has 0 amide bonds. The first-order valence-electron chi connectivity index (χ1n) is 6.37. The zero-order valence-corrected chi connectivity index (χ0v) is 12.6. The largest absolute Gasteiger partial charge is 0.396 e. The number of sulfonamides is 1. The maximum atomic E-state index is 11.3. The molecule has 0 aliphatic heterocycles. The van der Waals surface area contributed by atoms with Crippen LogP contribution in [0.4, 0.5) is 0 Å². The molecule has 0 aliphatic carbocycles. The molecule has 0 saturated carbocycles. The van der Waals surface area contributed by atoms with Gasteiger partial charge in [0.25, 0.3) is 0 Å². The highest BCUT2D eigenvalue weighted by Gasteiger charge is 2.15. The average molecular weight is 302 g/mol. The third-order valence-electron chi connectivity index (χ3n) is 3.02. The van der Waals surface area contributed by atoms with Crippen molar-refractivity contribution in [3.63, 3.8) is 0 Å². The fourth-order valence-electron chi connectivity index (χ4n) is 1.98. The Morgan fingerprint density at radius 3 is 2.70 bits per heavy atom. The normalized spacial score (nSPS) is 15.0. The molecule has 0 bridgehead atoms. The topological polar surface area (TPSA) is 102 Å². The fraction of sp³-hybridized carbons (Fsp3) is 0.538. The number of aliphatic hydroxyl groups excluding tert-OH is 1. The molecule has 0 aliphatic rings. The Bertz CT molecular complexity index is 513. The van der Waals surface area contributed by atoms with E-state index in [-0.39, 0.29) is 23.6 Å². The van der Waals surface area contributed by atoms with Crippen molar-refractivity contribution in [2.45, 2.75) is 30.3 Å². The lowest BCUT2D eigenvalue weighted by atomic mass is 10.1.